The van der Waals surface area contributed by atoms with Gasteiger partial charge in [0.2, 0.25) is 5.91 Å². The monoisotopic (exact) mass is 262 g/mol. The van der Waals surface area contributed by atoms with E-state index in [1.54, 1.807) is 0 Å². The Labute approximate surface area is 114 Å². The number of carbonyl (C=O) groups is 1. The minimum absolute atomic E-state index is 0.141. The first-order valence-corrected chi connectivity index (χ1v) is 6.99. The van der Waals surface area contributed by atoms with E-state index < -0.39 is 0 Å². The molecule has 0 saturated carbocycles. The van der Waals surface area contributed by atoms with Crippen LogP contribution in [-0.2, 0) is 16.0 Å². The van der Waals surface area contributed by atoms with E-state index in [1.165, 1.54) is 5.56 Å². The van der Waals surface area contributed by atoms with Crippen LogP contribution in [0.2, 0.25) is 0 Å². The van der Waals surface area contributed by atoms with Crippen LogP contribution in [0.15, 0.2) is 18.2 Å². The maximum absolute atomic E-state index is 12.2. The van der Waals surface area contributed by atoms with Gasteiger partial charge in [-0.25, -0.2) is 0 Å². The molecule has 0 unspecified atom stereocenters. The van der Waals surface area contributed by atoms with Crippen molar-refractivity contribution in [1.82, 2.24) is 0 Å². The molecule has 0 fully saturated rings. The normalized spacial score (nSPS) is 14.3. The third-order valence-electron chi connectivity index (χ3n) is 3.33. The van der Waals surface area contributed by atoms with Crippen LogP contribution in [0.1, 0.15) is 31.7 Å². The summed E-state index contributed by atoms with van der Waals surface area (Å²) in [5.41, 5.74) is 8.75. The summed E-state index contributed by atoms with van der Waals surface area (Å²) < 4.78 is 5.38. The van der Waals surface area contributed by atoms with Crippen LogP contribution in [0.5, 0.6) is 0 Å². The highest BCUT2D eigenvalue weighted by Crippen LogP contribution is 2.29. The Balaban J connectivity index is 2.00. The van der Waals surface area contributed by atoms with Gasteiger partial charge in [-0.1, -0.05) is 6.92 Å². The van der Waals surface area contributed by atoms with Gasteiger partial charge in [-0.15, -0.1) is 0 Å². The molecule has 19 heavy (non-hydrogen) atoms. The SMILES string of the molecule is CCCOCCC(=O)N1CCCc2cc(N)ccc21. The molecule has 0 spiro atoms. The highest BCUT2D eigenvalue weighted by Gasteiger charge is 2.22. The Morgan fingerprint density at radius 3 is 3.05 bits per heavy atom. The zero-order valence-electron chi connectivity index (χ0n) is 11.5. The van der Waals surface area contributed by atoms with E-state index in [-0.39, 0.29) is 5.91 Å². The molecule has 2 N–H and O–H groups in total. The maximum atomic E-state index is 12.2. The number of rotatable bonds is 5. The molecule has 1 amide bonds. The van der Waals surface area contributed by atoms with Crippen molar-refractivity contribution in [1.29, 1.82) is 0 Å². The number of aryl methyl sites for hydroxylation is 1. The lowest BCUT2D eigenvalue weighted by atomic mass is 10.0. The number of hydrogen-bond donors (Lipinski definition) is 1. The maximum Gasteiger partial charge on any atom is 0.229 e. The highest BCUT2D eigenvalue weighted by molar-refractivity contribution is 5.94. The molecule has 104 valence electrons. The van der Waals surface area contributed by atoms with E-state index in [0.717, 1.165) is 43.8 Å². The zero-order chi connectivity index (χ0) is 13.7. The number of nitrogens with two attached hydrogens (primary N) is 1. The van der Waals surface area contributed by atoms with Gasteiger partial charge in [0.15, 0.2) is 0 Å². The van der Waals surface area contributed by atoms with Crippen LogP contribution < -0.4 is 10.6 Å². The summed E-state index contributed by atoms with van der Waals surface area (Å²) in [6.45, 7) is 4.09. The van der Waals surface area contributed by atoms with E-state index in [2.05, 4.69) is 6.92 Å². The van der Waals surface area contributed by atoms with Crippen molar-refractivity contribution in [2.75, 3.05) is 30.4 Å². The number of carbonyl (C=O) groups excluding carboxylic acids is 1. The summed E-state index contributed by atoms with van der Waals surface area (Å²) in [6, 6.07) is 5.79. The van der Waals surface area contributed by atoms with E-state index in [0.29, 0.717) is 13.0 Å². The quantitative estimate of drug-likeness (QED) is 0.654. The van der Waals surface area contributed by atoms with Crippen LogP contribution >= 0.6 is 0 Å². The molecule has 1 aromatic rings. The molecular formula is C15H22N2O2. The number of nitrogen functional groups attached to an aromatic ring is 1. The topological polar surface area (TPSA) is 55.6 Å². The molecule has 2 rings (SSSR count). The van der Waals surface area contributed by atoms with Crippen LogP contribution in [0.25, 0.3) is 0 Å². The van der Waals surface area contributed by atoms with E-state index in [9.17, 15) is 4.79 Å². The lowest BCUT2D eigenvalue weighted by Gasteiger charge is -2.29. The van der Waals surface area contributed by atoms with Gasteiger partial charge >= 0.3 is 0 Å². The Morgan fingerprint density at radius 2 is 2.26 bits per heavy atom. The predicted molar refractivity (Wildman–Crippen MR) is 77.3 cm³/mol. The molecule has 1 aromatic carbocycles. The molecule has 1 aliphatic rings. The second-order valence-electron chi connectivity index (χ2n) is 4.90. The molecule has 0 aliphatic carbocycles. The lowest BCUT2D eigenvalue weighted by molar-refractivity contribution is -0.119. The summed E-state index contributed by atoms with van der Waals surface area (Å²) in [6.07, 6.45) is 3.43. The van der Waals surface area contributed by atoms with Crippen molar-refractivity contribution in [2.45, 2.75) is 32.6 Å². The van der Waals surface area contributed by atoms with Crippen molar-refractivity contribution < 1.29 is 9.53 Å². The molecule has 1 heterocycles. The Hall–Kier alpha value is -1.55. The molecule has 0 atom stereocenters. The van der Waals surface area contributed by atoms with Gasteiger partial charge in [0, 0.05) is 24.5 Å². The molecule has 0 radical (unpaired) electrons. The standard InChI is InChI=1S/C15H22N2O2/c1-2-9-19-10-7-15(18)17-8-3-4-12-11-13(16)5-6-14(12)17/h5-6,11H,2-4,7-10,16H2,1H3. The Kier molecular flexibility index (Phi) is 4.80. The number of nitrogens with zero attached hydrogens (tertiary/aromatic N) is 1. The number of amides is 1. The van der Waals surface area contributed by atoms with Gasteiger partial charge in [-0.2, -0.15) is 0 Å². The second-order valence-corrected chi connectivity index (χ2v) is 4.90. The fourth-order valence-electron chi connectivity index (χ4n) is 2.42. The number of fused-ring (bicyclic) bond motifs is 1. The van der Waals surface area contributed by atoms with Crippen molar-refractivity contribution >= 4 is 17.3 Å². The number of benzene rings is 1. The van der Waals surface area contributed by atoms with Crippen molar-refractivity contribution in [2.24, 2.45) is 0 Å². The third-order valence-corrected chi connectivity index (χ3v) is 3.33. The van der Waals surface area contributed by atoms with Crippen molar-refractivity contribution in [3.05, 3.63) is 23.8 Å². The summed E-state index contributed by atoms with van der Waals surface area (Å²) >= 11 is 0. The summed E-state index contributed by atoms with van der Waals surface area (Å²) in [5, 5.41) is 0. The first kappa shape index (κ1) is 13.9. The smallest absolute Gasteiger partial charge is 0.229 e. The van der Waals surface area contributed by atoms with E-state index in [4.69, 9.17) is 10.5 Å². The molecule has 4 nitrogen and oxygen atoms in total. The Bertz CT molecular complexity index is 446. The van der Waals surface area contributed by atoms with Crippen LogP contribution in [0, 0.1) is 0 Å². The molecule has 0 saturated heterocycles. The lowest BCUT2D eigenvalue weighted by Crippen LogP contribution is -2.36. The molecule has 4 heteroatoms. The largest absolute Gasteiger partial charge is 0.399 e. The third kappa shape index (κ3) is 3.47. The van der Waals surface area contributed by atoms with Crippen molar-refractivity contribution in [3.63, 3.8) is 0 Å². The van der Waals surface area contributed by atoms with Gasteiger partial charge in [0.05, 0.1) is 13.0 Å². The fraction of sp³-hybridized carbons (Fsp3) is 0.533. The van der Waals surface area contributed by atoms with Gasteiger partial charge in [0.25, 0.3) is 0 Å². The minimum Gasteiger partial charge on any atom is -0.399 e. The average molecular weight is 262 g/mol. The van der Waals surface area contributed by atoms with Gasteiger partial charge in [-0.05, 0) is 43.0 Å². The van der Waals surface area contributed by atoms with Crippen molar-refractivity contribution in [3.8, 4) is 0 Å². The number of anilines is 2. The fourth-order valence-corrected chi connectivity index (χ4v) is 2.42. The molecule has 1 aliphatic heterocycles. The van der Waals surface area contributed by atoms with Crippen LogP contribution in [0.4, 0.5) is 11.4 Å². The molecule has 0 aromatic heterocycles. The zero-order valence-corrected chi connectivity index (χ0v) is 11.5. The summed E-state index contributed by atoms with van der Waals surface area (Å²) in [7, 11) is 0. The van der Waals surface area contributed by atoms with E-state index in [1.807, 2.05) is 23.1 Å². The van der Waals surface area contributed by atoms with Gasteiger partial charge < -0.3 is 15.4 Å². The Morgan fingerprint density at radius 1 is 1.42 bits per heavy atom. The first-order valence-electron chi connectivity index (χ1n) is 6.99. The van der Waals surface area contributed by atoms with E-state index >= 15 is 0 Å². The summed E-state index contributed by atoms with van der Waals surface area (Å²) in [4.78, 5) is 14.1. The number of ether oxygens (including phenoxy) is 1. The van der Waals surface area contributed by atoms with Gasteiger partial charge in [-0.3, -0.25) is 4.79 Å². The average Bonchev–Trinajstić information content (AvgIpc) is 2.42. The van der Waals surface area contributed by atoms with Crippen LogP contribution in [-0.4, -0.2) is 25.7 Å². The van der Waals surface area contributed by atoms with Crippen LogP contribution in [0.3, 0.4) is 0 Å². The first-order chi connectivity index (χ1) is 9.22. The molecule has 0 bridgehead atoms. The number of hydrogen-bond acceptors (Lipinski definition) is 3. The summed E-state index contributed by atoms with van der Waals surface area (Å²) in [5.74, 6) is 0.141. The van der Waals surface area contributed by atoms with Gasteiger partial charge in [0.1, 0.15) is 0 Å². The molecular weight excluding hydrogens is 240 g/mol. The minimum atomic E-state index is 0.141. The predicted octanol–water partition coefficient (Wildman–Crippen LogP) is 2.36. The highest BCUT2D eigenvalue weighted by atomic mass is 16.5. The second kappa shape index (κ2) is 6.57.